The van der Waals surface area contributed by atoms with Gasteiger partial charge < -0.3 is 14.8 Å². The van der Waals surface area contributed by atoms with E-state index < -0.39 is 0 Å². The molecule has 1 amide bonds. The molecule has 0 aromatic heterocycles. The molecule has 3 rings (SSSR count). The van der Waals surface area contributed by atoms with E-state index in [1.54, 1.807) is 18.2 Å². The number of rotatable bonds is 4. The topological polar surface area (TPSA) is 47.6 Å². The number of nitrogens with one attached hydrogen (secondary N) is 1. The lowest BCUT2D eigenvalue weighted by Gasteiger charge is -2.26. The summed E-state index contributed by atoms with van der Waals surface area (Å²) in [6.45, 7) is 8.16. The molecule has 0 saturated heterocycles. The van der Waals surface area contributed by atoms with Crippen molar-refractivity contribution >= 4 is 5.91 Å². The van der Waals surface area contributed by atoms with Gasteiger partial charge in [-0.15, -0.1) is 0 Å². The Hall–Kier alpha value is -2.49. The summed E-state index contributed by atoms with van der Waals surface area (Å²) < 4.78 is 11.3. The summed E-state index contributed by atoms with van der Waals surface area (Å²) in [6.07, 6.45) is 0.848. The van der Waals surface area contributed by atoms with Gasteiger partial charge in [0, 0.05) is 23.9 Å². The summed E-state index contributed by atoms with van der Waals surface area (Å²) >= 11 is 0. The first-order valence-corrected chi connectivity index (χ1v) is 8.71. The zero-order chi connectivity index (χ0) is 17.9. The number of amides is 1. The molecule has 1 aliphatic rings. The lowest BCUT2D eigenvalue weighted by molar-refractivity contribution is 0.0945. The molecule has 0 fully saturated rings. The highest BCUT2D eigenvalue weighted by molar-refractivity contribution is 5.95. The van der Waals surface area contributed by atoms with Crippen LogP contribution in [0.25, 0.3) is 0 Å². The molecule has 0 saturated carbocycles. The van der Waals surface area contributed by atoms with Gasteiger partial charge in [0.05, 0.1) is 13.2 Å². The molecular weight excluding hydrogens is 314 g/mol. The first kappa shape index (κ1) is 17.3. The van der Waals surface area contributed by atoms with Crippen LogP contribution < -0.4 is 14.8 Å². The van der Waals surface area contributed by atoms with Crippen LogP contribution in [0.1, 0.15) is 41.8 Å². The average Bonchev–Trinajstić information content (AvgIpc) is 2.84. The fraction of sp³-hybridized carbons (Fsp3) is 0.381. The van der Waals surface area contributed by atoms with Crippen molar-refractivity contribution in [2.45, 2.75) is 32.6 Å². The van der Waals surface area contributed by atoms with Crippen LogP contribution in [0, 0.1) is 6.92 Å². The molecule has 0 spiro atoms. The Labute approximate surface area is 149 Å². The van der Waals surface area contributed by atoms with Crippen molar-refractivity contribution in [2.75, 3.05) is 19.8 Å². The second kappa shape index (κ2) is 7.18. The third-order valence-corrected chi connectivity index (χ3v) is 4.50. The first-order valence-electron chi connectivity index (χ1n) is 8.71. The van der Waals surface area contributed by atoms with Gasteiger partial charge in [-0.2, -0.15) is 0 Å². The summed E-state index contributed by atoms with van der Waals surface area (Å²) in [5.74, 6) is 1.24. The van der Waals surface area contributed by atoms with Crippen molar-refractivity contribution in [3.05, 3.63) is 59.2 Å². The molecule has 0 bridgehead atoms. The molecule has 132 valence electrons. The lowest BCUT2D eigenvalue weighted by atomic mass is 9.84. The summed E-state index contributed by atoms with van der Waals surface area (Å²) in [4.78, 5) is 12.6. The summed E-state index contributed by atoms with van der Waals surface area (Å²) in [6, 6.07) is 13.7. The van der Waals surface area contributed by atoms with Gasteiger partial charge in [-0.1, -0.05) is 43.7 Å². The zero-order valence-corrected chi connectivity index (χ0v) is 15.1. The van der Waals surface area contributed by atoms with E-state index in [0.29, 0.717) is 36.8 Å². The number of fused-ring (bicyclic) bond motifs is 1. The van der Waals surface area contributed by atoms with Gasteiger partial charge >= 0.3 is 0 Å². The molecular formula is C21H25NO3. The van der Waals surface area contributed by atoms with Crippen molar-refractivity contribution in [1.29, 1.82) is 0 Å². The van der Waals surface area contributed by atoms with Gasteiger partial charge in [0.15, 0.2) is 11.5 Å². The maximum absolute atomic E-state index is 12.6. The van der Waals surface area contributed by atoms with Gasteiger partial charge in [0.1, 0.15) is 0 Å². The number of aryl methyl sites for hydroxylation is 1. The summed E-state index contributed by atoms with van der Waals surface area (Å²) in [7, 11) is 0. The molecule has 2 aromatic rings. The first-order chi connectivity index (χ1) is 12.0. The third-order valence-electron chi connectivity index (χ3n) is 4.50. The molecule has 2 aromatic carbocycles. The van der Waals surface area contributed by atoms with Gasteiger partial charge in [0.25, 0.3) is 5.91 Å². The minimum atomic E-state index is -0.146. The van der Waals surface area contributed by atoms with Gasteiger partial charge in [-0.3, -0.25) is 4.79 Å². The fourth-order valence-electron chi connectivity index (χ4n) is 2.88. The van der Waals surface area contributed by atoms with Crippen LogP contribution >= 0.6 is 0 Å². The molecule has 1 aliphatic heterocycles. The van der Waals surface area contributed by atoms with Crippen molar-refractivity contribution in [2.24, 2.45) is 0 Å². The number of hydrogen-bond donors (Lipinski definition) is 1. The Morgan fingerprint density at radius 2 is 1.84 bits per heavy atom. The van der Waals surface area contributed by atoms with Crippen LogP contribution in [0.5, 0.6) is 11.5 Å². The molecule has 1 heterocycles. The standard InChI is InChI=1S/C21H25NO3/c1-15-6-4-7-17(12-15)21(2,3)14-22-20(23)16-8-9-18-19(13-16)25-11-5-10-24-18/h4,6-9,12-13H,5,10-11,14H2,1-3H3,(H,22,23). The highest BCUT2D eigenvalue weighted by atomic mass is 16.5. The van der Waals surface area contributed by atoms with E-state index in [1.165, 1.54) is 11.1 Å². The molecule has 0 atom stereocenters. The summed E-state index contributed by atoms with van der Waals surface area (Å²) in [5.41, 5.74) is 2.88. The SMILES string of the molecule is Cc1cccc(C(C)(C)CNC(=O)c2ccc3c(c2)OCCCO3)c1. The average molecular weight is 339 g/mol. The minimum Gasteiger partial charge on any atom is -0.490 e. The predicted octanol–water partition coefficient (Wildman–Crippen LogP) is 3.86. The summed E-state index contributed by atoms with van der Waals surface area (Å²) in [5, 5.41) is 3.04. The van der Waals surface area contributed by atoms with Crippen molar-refractivity contribution < 1.29 is 14.3 Å². The van der Waals surface area contributed by atoms with Gasteiger partial charge in [-0.05, 0) is 30.7 Å². The van der Waals surface area contributed by atoms with Gasteiger partial charge in [-0.25, -0.2) is 0 Å². The van der Waals surface area contributed by atoms with Crippen LogP contribution in [-0.4, -0.2) is 25.7 Å². The molecule has 0 aliphatic carbocycles. The second-order valence-electron chi connectivity index (χ2n) is 7.15. The largest absolute Gasteiger partial charge is 0.490 e. The van der Waals surface area contributed by atoms with E-state index in [4.69, 9.17) is 9.47 Å². The van der Waals surface area contributed by atoms with Crippen LogP contribution in [0.15, 0.2) is 42.5 Å². The minimum absolute atomic E-state index is 0.101. The normalized spacial score (nSPS) is 13.9. The Morgan fingerprint density at radius 3 is 2.60 bits per heavy atom. The number of ether oxygens (including phenoxy) is 2. The fourth-order valence-corrected chi connectivity index (χ4v) is 2.88. The van der Waals surface area contributed by atoms with Crippen molar-refractivity contribution in [3.63, 3.8) is 0 Å². The molecule has 25 heavy (non-hydrogen) atoms. The molecule has 1 N–H and O–H groups in total. The molecule has 4 nitrogen and oxygen atoms in total. The Morgan fingerprint density at radius 1 is 1.08 bits per heavy atom. The van der Waals surface area contributed by atoms with E-state index in [1.807, 2.05) is 0 Å². The van der Waals surface area contributed by atoms with Crippen molar-refractivity contribution in [1.82, 2.24) is 5.32 Å². The lowest BCUT2D eigenvalue weighted by Crippen LogP contribution is -2.36. The smallest absolute Gasteiger partial charge is 0.251 e. The maximum atomic E-state index is 12.6. The number of carbonyl (C=O) groups is 1. The van der Waals surface area contributed by atoms with Crippen LogP contribution in [0.2, 0.25) is 0 Å². The highest BCUT2D eigenvalue weighted by Crippen LogP contribution is 2.30. The second-order valence-corrected chi connectivity index (χ2v) is 7.15. The highest BCUT2D eigenvalue weighted by Gasteiger charge is 2.22. The van der Waals surface area contributed by atoms with E-state index in [-0.39, 0.29) is 11.3 Å². The maximum Gasteiger partial charge on any atom is 0.251 e. The van der Waals surface area contributed by atoms with Crippen LogP contribution in [-0.2, 0) is 5.41 Å². The zero-order valence-electron chi connectivity index (χ0n) is 15.1. The Bertz CT molecular complexity index is 767. The molecule has 4 heteroatoms. The molecule has 0 unspecified atom stereocenters. The number of hydrogen-bond acceptors (Lipinski definition) is 3. The van der Waals surface area contributed by atoms with Gasteiger partial charge in [0.2, 0.25) is 0 Å². The monoisotopic (exact) mass is 339 g/mol. The Balaban J connectivity index is 1.69. The van der Waals surface area contributed by atoms with E-state index >= 15 is 0 Å². The Kier molecular flexibility index (Phi) is 4.98. The quantitative estimate of drug-likeness (QED) is 0.920. The van der Waals surface area contributed by atoms with Crippen LogP contribution in [0.4, 0.5) is 0 Å². The molecule has 0 radical (unpaired) electrons. The number of benzene rings is 2. The predicted molar refractivity (Wildman–Crippen MR) is 98.6 cm³/mol. The number of carbonyl (C=O) groups excluding carboxylic acids is 1. The van der Waals surface area contributed by atoms with Crippen LogP contribution in [0.3, 0.4) is 0 Å². The van der Waals surface area contributed by atoms with E-state index in [0.717, 1.165) is 6.42 Å². The third kappa shape index (κ3) is 4.13. The van der Waals surface area contributed by atoms with E-state index in [9.17, 15) is 4.79 Å². The van der Waals surface area contributed by atoms with E-state index in [2.05, 4.69) is 50.4 Å². The van der Waals surface area contributed by atoms with Crippen molar-refractivity contribution in [3.8, 4) is 11.5 Å².